The maximum atomic E-state index is 13.0. The predicted molar refractivity (Wildman–Crippen MR) is 204 cm³/mol. The molecule has 12 nitrogen and oxygen atoms in total. The number of carbonyl (C=O) groups is 1. The number of phenolic OH excluding ortho intramolecular Hbond substituents is 2. The fourth-order valence-corrected chi connectivity index (χ4v) is 6.60. The first-order chi connectivity index (χ1) is 26.4. The van der Waals surface area contributed by atoms with Gasteiger partial charge in [-0.2, -0.15) is 13.2 Å². The summed E-state index contributed by atoms with van der Waals surface area (Å²) in [5.74, 6) is 1.24. The van der Waals surface area contributed by atoms with Gasteiger partial charge in [0.15, 0.2) is 11.6 Å². The molecule has 1 atom stereocenters. The average Bonchev–Trinajstić information content (AvgIpc) is 3.20. The summed E-state index contributed by atoms with van der Waals surface area (Å²) < 4.78 is 39.1. The molecule has 1 unspecified atom stereocenters. The van der Waals surface area contributed by atoms with Gasteiger partial charge in [-0.15, -0.1) is 0 Å². The van der Waals surface area contributed by atoms with Gasteiger partial charge in [-0.25, -0.2) is 19.9 Å². The number of halogens is 3. The third kappa shape index (κ3) is 7.66. The van der Waals surface area contributed by atoms with Gasteiger partial charge in [-0.05, 0) is 55.5 Å². The van der Waals surface area contributed by atoms with Crippen LogP contribution in [-0.4, -0.2) is 110 Å². The number of anilines is 2. The number of nitrogens with zero attached hydrogens (tertiary/aromatic N) is 7. The van der Waals surface area contributed by atoms with Gasteiger partial charge in [0.05, 0.1) is 22.2 Å². The molecule has 2 aromatic heterocycles. The second-order valence-corrected chi connectivity index (χ2v) is 13.4. The Morgan fingerprint density at radius 1 is 0.618 bits per heavy atom. The van der Waals surface area contributed by atoms with Crippen LogP contribution in [-0.2, 0) is 4.79 Å². The third-order valence-electron chi connectivity index (χ3n) is 9.71. The fourth-order valence-electron chi connectivity index (χ4n) is 6.60. The van der Waals surface area contributed by atoms with Crippen molar-refractivity contribution in [3.05, 3.63) is 97.1 Å². The summed E-state index contributed by atoms with van der Waals surface area (Å²) in [5, 5.41) is 35.2. The Hall–Kier alpha value is -6.06. The normalized spacial score (nSPS) is 16.1. The quantitative estimate of drug-likeness (QED) is 0.180. The molecule has 6 aromatic rings. The van der Waals surface area contributed by atoms with Gasteiger partial charge in [-0.3, -0.25) is 4.79 Å². The summed E-state index contributed by atoms with van der Waals surface area (Å²) in [6.45, 7) is 4.64. The Labute approximate surface area is 314 Å². The molecule has 0 saturated carbocycles. The van der Waals surface area contributed by atoms with Gasteiger partial charge in [0.1, 0.15) is 23.1 Å². The maximum Gasteiger partial charge on any atom is 0.426 e. The minimum atomic E-state index is -5.06. The van der Waals surface area contributed by atoms with Gasteiger partial charge >= 0.3 is 6.18 Å². The van der Waals surface area contributed by atoms with Crippen molar-refractivity contribution in [3.63, 3.8) is 0 Å². The average molecular weight is 753 g/mol. The molecule has 2 fully saturated rings. The van der Waals surface area contributed by atoms with Crippen molar-refractivity contribution in [1.82, 2.24) is 30.2 Å². The number of aromatic nitrogens is 4. The van der Waals surface area contributed by atoms with Crippen molar-refractivity contribution in [2.75, 3.05) is 62.2 Å². The molecule has 4 N–H and O–H groups in total. The van der Waals surface area contributed by atoms with Crippen LogP contribution in [0, 0.1) is 0 Å². The Morgan fingerprint density at radius 2 is 1.04 bits per heavy atom. The Bertz CT molecular complexity index is 2330. The smallest absolute Gasteiger partial charge is 0.426 e. The van der Waals surface area contributed by atoms with E-state index in [4.69, 9.17) is 4.98 Å². The van der Waals surface area contributed by atoms with Crippen LogP contribution >= 0.6 is 0 Å². The summed E-state index contributed by atoms with van der Waals surface area (Å²) in [4.78, 5) is 36.0. The molecule has 1 amide bonds. The molecule has 4 heterocycles. The lowest BCUT2D eigenvalue weighted by molar-refractivity contribution is -0.250. The van der Waals surface area contributed by atoms with Crippen LogP contribution < -0.4 is 15.1 Å². The molecular weight excluding hydrogens is 713 g/mol. The molecule has 2 aliphatic rings. The number of para-hydroxylation sites is 4. The molecule has 0 bridgehead atoms. The number of benzene rings is 4. The number of piperazine rings is 2. The van der Waals surface area contributed by atoms with Crippen molar-refractivity contribution in [2.45, 2.75) is 18.7 Å². The van der Waals surface area contributed by atoms with Gasteiger partial charge in [-0.1, -0.05) is 48.5 Å². The van der Waals surface area contributed by atoms with E-state index >= 15 is 0 Å². The van der Waals surface area contributed by atoms with Crippen molar-refractivity contribution < 1.29 is 33.3 Å². The number of alkyl halides is 3. The van der Waals surface area contributed by atoms with Gasteiger partial charge in [0, 0.05) is 63.1 Å². The monoisotopic (exact) mass is 752 g/mol. The van der Waals surface area contributed by atoms with E-state index in [0.717, 1.165) is 53.2 Å². The lowest BCUT2D eigenvalue weighted by Gasteiger charge is -2.39. The zero-order valence-corrected chi connectivity index (χ0v) is 29.9. The van der Waals surface area contributed by atoms with Crippen LogP contribution in [0.4, 0.5) is 24.8 Å². The number of aliphatic hydroxyl groups is 1. The number of phenols is 2. The topological polar surface area (TPSA) is 151 Å². The van der Waals surface area contributed by atoms with Crippen LogP contribution in [0.15, 0.2) is 97.1 Å². The van der Waals surface area contributed by atoms with E-state index in [0.29, 0.717) is 41.0 Å². The van der Waals surface area contributed by atoms with Crippen molar-refractivity contribution in [3.8, 4) is 34.3 Å². The highest BCUT2D eigenvalue weighted by Gasteiger charge is 2.57. The second kappa shape index (κ2) is 15.4. The van der Waals surface area contributed by atoms with Crippen LogP contribution in [0.25, 0.3) is 44.6 Å². The Kier molecular flexibility index (Phi) is 10.4. The van der Waals surface area contributed by atoms with Crippen LogP contribution in [0.2, 0.25) is 0 Å². The highest BCUT2D eigenvalue weighted by atomic mass is 19.4. The molecule has 2 saturated heterocycles. The third-order valence-corrected chi connectivity index (χ3v) is 9.71. The van der Waals surface area contributed by atoms with E-state index in [9.17, 15) is 33.3 Å². The molecule has 15 heteroatoms. The molecule has 55 heavy (non-hydrogen) atoms. The van der Waals surface area contributed by atoms with Crippen LogP contribution in [0.1, 0.15) is 6.92 Å². The predicted octanol–water partition coefficient (Wildman–Crippen LogP) is 5.38. The van der Waals surface area contributed by atoms with Gasteiger partial charge in [0.25, 0.3) is 5.91 Å². The first kappa shape index (κ1) is 37.3. The number of hydrogen-bond donors (Lipinski definition) is 4. The molecular formula is C40H39F3N8O4. The first-order valence-electron chi connectivity index (χ1n) is 17.8. The summed E-state index contributed by atoms with van der Waals surface area (Å²) in [6, 6.07) is 29.2. The minimum absolute atomic E-state index is 0.00465. The fraction of sp³-hybridized carbons (Fsp3) is 0.275. The zero-order chi connectivity index (χ0) is 38.7. The maximum absolute atomic E-state index is 13.0. The SMILES string of the molecule is CC(O)(C(=O)N1CCN(c2nc(-c3ccccc3O)nc3ccccc23)CC1)C(F)(F)F.Oc1ccccc1-c1nc(N2CCNCC2)c2ccccc2n1. The zero-order valence-electron chi connectivity index (χ0n) is 29.9. The summed E-state index contributed by atoms with van der Waals surface area (Å²) in [6.07, 6.45) is -5.06. The lowest BCUT2D eigenvalue weighted by Crippen LogP contribution is -2.60. The van der Waals surface area contributed by atoms with Crippen molar-refractivity contribution in [2.24, 2.45) is 0 Å². The standard InChI is InChI=1S/C22H21F3N4O3.C18H18N4O/c1-21(32,22(23,24)25)20(31)29-12-10-28(11-13-29)19-14-6-2-4-8-16(14)26-18(27-19)15-7-3-5-9-17(15)30;23-16-8-4-2-6-14(16)17-20-15-7-3-1-5-13(15)18(21-17)22-11-9-19-10-12-22/h2-9,30,32H,10-13H2,1H3;1-8,19,23H,9-12H2. The van der Waals surface area contributed by atoms with Crippen LogP contribution in [0.5, 0.6) is 11.5 Å². The summed E-state index contributed by atoms with van der Waals surface area (Å²) >= 11 is 0. The Balaban J connectivity index is 0.000000178. The molecule has 0 radical (unpaired) electrons. The molecule has 284 valence electrons. The molecule has 0 aliphatic carbocycles. The number of hydrogen-bond acceptors (Lipinski definition) is 11. The van der Waals surface area contributed by atoms with E-state index < -0.39 is 17.7 Å². The number of amides is 1. The van der Waals surface area contributed by atoms with E-state index in [1.807, 2.05) is 59.5 Å². The first-order valence-corrected chi connectivity index (χ1v) is 17.8. The highest BCUT2D eigenvalue weighted by Crippen LogP contribution is 2.35. The van der Waals surface area contributed by atoms with Crippen molar-refractivity contribution >= 4 is 39.3 Å². The summed E-state index contributed by atoms with van der Waals surface area (Å²) in [5.41, 5.74) is -0.776. The molecule has 2 aliphatic heterocycles. The number of rotatable bonds is 5. The highest BCUT2D eigenvalue weighted by molar-refractivity contribution is 5.93. The van der Waals surface area contributed by atoms with Gasteiger partial charge in [0.2, 0.25) is 5.60 Å². The van der Waals surface area contributed by atoms with E-state index in [-0.39, 0.29) is 37.7 Å². The Morgan fingerprint density at radius 3 is 1.49 bits per heavy atom. The largest absolute Gasteiger partial charge is 0.507 e. The number of fused-ring (bicyclic) bond motifs is 2. The lowest BCUT2D eigenvalue weighted by atomic mass is 10.0. The van der Waals surface area contributed by atoms with E-state index in [2.05, 4.69) is 31.2 Å². The molecule has 0 spiro atoms. The number of carbonyl (C=O) groups excluding carboxylic acids is 1. The summed E-state index contributed by atoms with van der Waals surface area (Å²) in [7, 11) is 0. The van der Waals surface area contributed by atoms with Crippen molar-refractivity contribution in [1.29, 1.82) is 0 Å². The number of aromatic hydroxyl groups is 2. The number of nitrogens with one attached hydrogen (secondary N) is 1. The van der Waals surface area contributed by atoms with E-state index in [1.54, 1.807) is 30.3 Å². The van der Waals surface area contributed by atoms with E-state index in [1.165, 1.54) is 6.07 Å². The minimum Gasteiger partial charge on any atom is -0.507 e. The van der Waals surface area contributed by atoms with Gasteiger partial charge < -0.3 is 35.3 Å². The molecule has 4 aromatic carbocycles. The second-order valence-electron chi connectivity index (χ2n) is 13.4. The molecule has 8 rings (SSSR count). The van der Waals surface area contributed by atoms with Crippen LogP contribution in [0.3, 0.4) is 0 Å².